The summed E-state index contributed by atoms with van der Waals surface area (Å²) in [6.07, 6.45) is 109. The molecule has 9 nitrogen and oxygen atoms in total. The molecule has 0 spiro atoms. The maximum atomic E-state index is 13.1. The maximum Gasteiger partial charge on any atom is 0.220 e. The van der Waals surface area contributed by atoms with Crippen LogP contribution >= 0.6 is 0 Å². The fourth-order valence-corrected chi connectivity index (χ4v) is 11.0. The lowest BCUT2D eigenvalue weighted by Crippen LogP contribution is -2.60. The molecule has 1 aliphatic heterocycles. The van der Waals surface area contributed by atoms with Crippen LogP contribution in [0.2, 0.25) is 0 Å². The van der Waals surface area contributed by atoms with Crippen molar-refractivity contribution in [3.8, 4) is 0 Å². The molecular formula is C86H141NO8. The van der Waals surface area contributed by atoms with E-state index in [0.29, 0.717) is 12.8 Å². The van der Waals surface area contributed by atoms with Gasteiger partial charge in [0.1, 0.15) is 24.4 Å². The number of aliphatic hydroxyl groups excluding tert-OH is 5. The minimum Gasteiger partial charge on any atom is -0.394 e. The summed E-state index contributed by atoms with van der Waals surface area (Å²) in [5.74, 6) is -0.238. The number of allylic oxidation sites excluding steroid dienone is 29. The summed E-state index contributed by atoms with van der Waals surface area (Å²) < 4.78 is 11.3. The van der Waals surface area contributed by atoms with Gasteiger partial charge in [0.2, 0.25) is 5.91 Å². The molecule has 9 heteroatoms. The van der Waals surface area contributed by atoms with Gasteiger partial charge in [-0.2, -0.15) is 0 Å². The van der Waals surface area contributed by atoms with E-state index < -0.39 is 49.5 Å². The van der Waals surface area contributed by atoms with Crippen LogP contribution in [0.4, 0.5) is 0 Å². The fourth-order valence-electron chi connectivity index (χ4n) is 11.0. The monoisotopic (exact) mass is 1320 g/mol. The van der Waals surface area contributed by atoms with Gasteiger partial charge in [-0.05, 0) is 135 Å². The summed E-state index contributed by atoms with van der Waals surface area (Å²) in [4.78, 5) is 13.1. The summed E-state index contributed by atoms with van der Waals surface area (Å²) in [5.41, 5.74) is 0. The molecule has 1 heterocycles. The van der Waals surface area contributed by atoms with E-state index >= 15 is 0 Å². The van der Waals surface area contributed by atoms with E-state index in [-0.39, 0.29) is 18.9 Å². The van der Waals surface area contributed by atoms with Crippen molar-refractivity contribution in [2.75, 3.05) is 13.2 Å². The highest BCUT2D eigenvalue weighted by Gasteiger charge is 2.44. The zero-order chi connectivity index (χ0) is 68.5. The number of aliphatic hydroxyl groups is 5. The normalized spacial score (nSPS) is 18.6. The number of hydrogen-bond acceptors (Lipinski definition) is 8. The Morgan fingerprint density at radius 3 is 1.01 bits per heavy atom. The first-order chi connectivity index (χ1) is 46.8. The molecule has 7 atom stereocenters. The fraction of sp³-hybridized carbons (Fsp3) is 0.640. The summed E-state index contributed by atoms with van der Waals surface area (Å²) in [7, 11) is 0. The molecule has 1 saturated heterocycles. The van der Waals surface area contributed by atoms with Crippen molar-refractivity contribution in [1.82, 2.24) is 5.32 Å². The number of carbonyl (C=O) groups excluding carboxylic acids is 1. The average Bonchev–Trinajstić information content (AvgIpc) is 0.836. The van der Waals surface area contributed by atoms with Gasteiger partial charge in [-0.1, -0.05) is 337 Å². The molecule has 0 aliphatic carbocycles. The third-order valence-electron chi connectivity index (χ3n) is 16.9. The van der Waals surface area contributed by atoms with Crippen molar-refractivity contribution in [2.24, 2.45) is 0 Å². The molecular weight excluding hydrogens is 1170 g/mol. The molecule has 1 rings (SSSR count). The Kier molecular flexibility index (Phi) is 67.0. The second-order valence-corrected chi connectivity index (χ2v) is 25.7. The van der Waals surface area contributed by atoms with Crippen molar-refractivity contribution < 1.29 is 39.8 Å². The number of unbranched alkanes of at least 4 members (excludes halogenated alkanes) is 27. The number of hydrogen-bond donors (Lipinski definition) is 6. The summed E-state index contributed by atoms with van der Waals surface area (Å²) >= 11 is 0. The van der Waals surface area contributed by atoms with Gasteiger partial charge in [0.05, 0.1) is 25.4 Å². The SMILES string of the molecule is CC/C=C\C/C=C\C/C=C\C/C=C\C/C=C\C/C=C\C/C=C\C/C=C\C/C=C\C/C=C\C/C=C\C/C=C\CCCCC(=O)NC(COC1OC(CO)C(O)C(O)C1O)C(O)/C=C/CC/C=C/CC/C=C/CCCCCCCCCCCCCCCCCCCCCCCCC. The van der Waals surface area contributed by atoms with Crippen LogP contribution in [0.25, 0.3) is 0 Å². The van der Waals surface area contributed by atoms with E-state index in [2.05, 4.69) is 189 Å². The molecule has 95 heavy (non-hydrogen) atoms. The highest BCUT2D eigenvalue weighted by molar-refractivity contribution is 5.76. The summed E-state index contributed by atoms with van der Waals surface area (Å²) in [5, 5.41) is 54.8. The standard InChI is InChI=1S/C86H141NO8/c1-3-5-7-9-11-13-15-17-19-21-23-25-27-29-31-33-35-37-38-39-40-41-42-44-46-48-50-52-54-56-58-60-62-64-66-68-70-72-74-76-82(90)87-79(78-94-86-85(93)84(92)83(91)81(77-88)95-86)80(89)75-73-71-69-67-65-63-61-59-57-55-53-51-49-47-45-43-36-34-32-30-28-26-24-22-20-18-16-14-12-10-8-6-4-2/h5,7,11,13,17,19,23,25,29,31,35,37,39-40,42,44,48,50,54,56-57,59-60,62,65-68,73,75,79-81,83-86,88-89,91-93H,3-4,6,8-10,12,14-16,18,20-22,24,26-28,30,32-34,36,38,41,43,45-47,49,51-53,55,58,61,63-64,69-72,74,76-78H2,1-2H3,(H,87,90)/b7-5-,13-11-,19-17-,25-23-,31-29-,37-35-,40-39-,44-42-,50-48-,56-54-,59-57+,62-60-,67-65+,68-66-,75-73+. The van der Waals surface area contributed by atoms with Crippen LogP contribution in [0.5, 0.6) is 0 Å². The minimum atomic E-state index is -1.60. The summed E-state index contributed by atoms with van der Waals surface area (Å²) in [6, 6.07) is -0.869. The largest absolute Gasteiger partial charge is 0.394 e. The van der Waals surface area contributed by atoms with Crippen molar-refractivity contribution >= 4 is 5.91 Å². The predicted molar refractivity (Wildman–Crippen MR) is 409 cm³/mol. The third-order valence-corrected chi connectivity index (χ3v) is 16.9. The number of amides is 1. The Labute approximate surface area is 582 Å². The van der Waals surface area contributed by atoms with E-state index in [1.165, 1.54) is 148 Å². The van der Waals surface area contributed by atoms with E-state index in [4.69, 9.17) is 9.47 Å². The molecule has 0 aromatic rings. The molecule has 0 aromatic carbocycles. The van der Waals surface area contributed by atoms with Gasteiger partial charge >= 0.3 is 0 Å². The van der Waals surface area contributed by atoms with E-state index in [1.807, 2.05) is 6.08 Å². The van der Waals surface area contributed by atoms with Crippen LogP contribution < -0.4 is 5.32 Å². The lowest BCUT2D eigenvalue weighted by atomic mass is 9.99. The number of carbonyl (C=O) groups is 1. The topological polar surface area (TPSA) is 149 Å². The minimum absolute atomic E-state index is 0.235. The molecule has 1 amide bonds. The third kappa shape index (κ3) is 60.2. The molecule has 0 bridgehead atoms. The predicted octanol–water partition coefficient (Wildman–Crippen LogP) is 22.2. The van der Waals surface area contributed by atoms with Crippen molar-refractivity contribution in [1.29, 1.82) is 0 Å². The highest BCUT2D eigenvalue weighted by Crippen LogP contribution is 2.23. The molecule has 538 valence electrons. The molecule has 6 N–H and O–H groups in total. The number of rotatable bonds is 65. The van der Waals surface area contributed by atoms with E-state index in [1.54, 1.807) is 6.08 Å². The van der Waals surface area contributed by atoms with Crippen LogP contribution in [-0.4, -0.2) is 87.5 Å². The zero-order valence-corrected chi connectivity index (χ0v) is 60.3. The Morgan fingerprint density at radius 2 is 0.663 bits per heavy atom. The second-order valence-electron chi connectivity index (χ2n) is 25.7. The van der Waals surface area contributed by atoms with Crippen LogP contribution in [0.1, 0.15) is 296 Å². The molecule has 0 aromatic heterocycles. The lowest BCUT2D eigenvalue weighted by molar-refractivity contribution is -0.302. The van der Waals surface area contributed by atoms with Gasteiger partial charge in [-0.15, -0.1) is 0 Å². The highest BCUT2D eigenvalue weighted by atomic mass is 16.7. The number of nitrogens with one attached hydrogen (secondary N) is 1. The first-order valence-corrected chi connectivity index (χ1v) is 38.5. The van der Waals surface area contributed by atoms with Crippen molar-refractivity contribution in [3.63, 3.8) is 0 Å². The summed E-state index contributed by atoms with van der Waals surface area (Å²) in [6.45, 7) is 3.63. The average molecular weight is 1320 g/mol. The van der Waals surface area contributed by atoms with Gasteiger partial charge in [0, 0.05) is 6.42 Å². The quantitative estimate of drug-likeness (QED) is 0.0261. The van der Waals surface area contributed by atoms with Gasteiger partial charge in [0.25, 0.3) is 0 Å². The Hall–Kier alpha value is -4.71. The molecule has 7 unspecified atom stereocenters. The Bertz CT molecular complexity index is 2170. The smallest absolute Gasteiger partial charge is 0.220 e. The van der Waals surface area contributed by atoms with Crippen molar-refractivity contribution in [2.45, 2.75) is 339 Å². The van der Waals surface area contributed by atoms with Gasteiger partial charge in [-0.3, -0.25) is 4.79 Å². The first kappa shape index (κ1) is 88.3. The maximum absolute atomic E-state index is 13.1. The van der Waals surface area contributed by atoms with E-state index in [0.717, 1.165) is 116 Å². The molecule has 0 radical (unpaired) electrons. The molecule has 0 saturated carbocycles. The zero-order valence-electron chi connectivity index (χ0n) is 60.3. The van der Waals surface area contributed by atoms with Crippen LogP contribution in [-0.2, 0) is 14.3 Å². The van der Waals surface area contributed by atoms with Gasteiger partial charge < -0.3 is 40.3 Å². The van der Waals surface area contributed by atoms with Gasteiger partial charge in [0.15, 0.2) is 6.29 Å². The van der Waals surface area contributed by atoms with Crippen LogP contribution in [0.3, 0.4) is 0 Å². The molecule has 1 fully saturated rings. The first-order valence-electron chi connectivity index (χ1n) is 38.5. The Balaban J connectivity index is 2.21. The van der Waals surface area contributed by atoms with E-state index in [9.17, 15) is 30.3 Å². The lowest BCUT2D eigenvalue weighted by Gasteiger charge is -2.40. The number of ether oxygens (including phenoxy) is 2. The van der Waals surface area contributed by atoms with Crippen LogP contribution in [0.15, 0.2) is 182 Å². The second kappa shape index (κ2) is 72.0. The van der Waals surface area contributed by atoms with Crippen LogP contribution in [0, 0.1) is 0 Å². The van der Waals surface area contributed by atoms with Crippen molar-refractivity contribution in [3.05, 3.63) is 182 Å². The Morgan fingerprint density at radius 1 is 0.368 bits per heavy atom. The van der Waals surface area contributed by atoms with Gasteiger partial charge in [-0.25, -0.2) is 0 Å². The molecule has 1 aliphatic rings.